The first-order chi connectivity index (χ1) is 12.4. The largest absolute Gasteiger partial charge is 0.497 e. The highest BCUT2D eigenvalue weighted by Crippen LogP contribution is 2.34. The van der Waals surface area contributed by atoms with Crippen molar-refractivity contribution in [2.75, 3.05) is 12.8 Å². The van der Waals surface area contributed by atoms with E-state index in [-0.39, 0.29) is 5.41 Å². The van der Waals surface area contributed by atoms with Gasteiger partial charge in [0.1, 0.15) is 28.6 Å². The number of nitrogen functional groups attached to an aromatic ring is 1. The molecule has 0 bridgehead atoms. The smallest absolute Gasteiger partial charge is 0.150 e. The highest BCUT2D eigenvalue weighted by molar-refractivity contribution is 5.92. The molecule has 0 saturated carbocycles. The quantitative estimate of drug-likeness (QED) is 0.583. The number of anilines is 1. The van der Waals surface area contributed by atoms with Gasteiger partial charge in [0.2, 0.25) is 0 Å². The lowest BCUT2D eigenvalue weighted by atomic mass is 9.96. The van der Waals surface area contributed by atoms with Gasteiger partial charge in [-0.3, -0.25) is 4.40 Å². The zero-order valence-corrected chi connectivity index (χ0v) is 15.4. The van der Waals surface area contributed by atoms with Crippen molar-refractivity contribution in [2.24, 2.45) is 0 Å². The van der Waals surface area contributed by atoms with Gasteiger partial charge in [-0.2, -0.15) is 0 Å². The molecule has 5 nitrogen and oxygen atoms in total. The van der Waals surface area contributed by atoms with Crippen LogP contribution in [-0.4, -0.2) is 21.5 Å². The second-order valence-corrected chi connectivity index (χ2v) is 7.49. The van der Waals surface area contributed by atoms with Gasteiger partial charge in [0, 0.05) is 23.4 Å². The molecule has 4 aromatic rings. The zero-order chi connectivity index (χ0) is 18.5. The molecule has 0 amide bonds. The van der Waals surface area contributed by atoms with Crippen LogP contribution in [0, 0.1) is 0 Å². The van der Waals surface area contributed by atoms with Crippen molar-refractivity contribution < 1.29 is 4.74 Å². The molecule has 4 rings (SSSR count). The monoisotopic (exact) mass is 346 g/mol. The summed E-state index contributed by atoms with van der Waals surface area (Å²) < 4.78 is 7.36. The van der Waals surface area contributed by atoms with Gasteiger partial charge in [0.05, 0.1) is 7.11 Å². The fraction of sp³-hybridized carbons (Fsp3) is 0.238. The van der Waals surface area contributed by atoms with E-state index in [1.54, 1.807) is 13.3 Å². The molecule has 0 radical (unpaired) electrons. The Balaban J connectivity index is 1.98. The summed E-state index contributed by atoms with van der Waals surface area (Å²) in [4.78, 5) is 9.22. The summed E-state index contributed by atoms with van der Waals surface area (Å²) in [6.45, 7) is 6.44. The molecule has 2 heterocycles. The molecule has 0 aliphatic heterocycles. The van der Waals surface area contributed by atoms with Gasteiger partial charge in [-0.25, -0.2) is 9.97 Å². The van der Waals surface area contributed by atoms with Gasteiger partial charge in [-0.15, -0.1) is 0 Å². The third-order valence-electron chi connectivity index (χ3n) is 4.57. The van der Waals surface area contributed by atoms with E-state index >= 15 is 0 Å². The van der Waals surface area contributed by atoms with Crippen LogP contribution in [0.4, 0.5) is 5.82 Å². The molecule has 26 heavy (non-hydrogen) atoms. The Morgan fingerprint density at radius 3 is 2.50 bits per heavy atom. The second-order valence-electron chi connectivity index (χ2n) is 7.49. The number of nitrogens with zero attached hydrogens (tertiary/aromatic N) is 3. The molecular weight excluding hydrogens is 324 g/mol. The highest BCUT2D eigenvalue weighted by Gasteiger charge is 2.24. The van der Waals surface area contributed by atoms with E-state index in [4.69, 9.17) is 15.5 Å². The normalized spacial score (nSPS) is 12.0. The Kier molecular flexibility index (Phi) is 3.61. The Bertz CT molecular complexity index is 1120. The van der Waals surface area contributed by atoms with E-state index in [0.717, 1.165) is 39.1 Å². The maximum Gasteiger partial charge on any atom is 0.150 e. The molecule has 132 valence electrons. The standard InChI is InChI=1S/C21H22N4O/c1-21(2,3)20-24-17(18-19(22)23-9-10-25(18)20)15-6-5-14-12-16(26-4)8-7-13(14)11-15/h5-12H,1-4H3,(H2,22,23). The molecule has 0 aliphatic carbocycles. The van der Waals surface area contributed by atoms with E-state index in [2.05, 4.69) is 54.4 Å². The van der Waals surface area contributed by atoms with Crippen molar-refractivity contribution in [1.82, 2.24) is 14.4 Å². The Labute approximate surface area is 152 Å². The van der Waals surface area contributed by atoms with Crippen molar-refractivity contribution in [3.8, 4) is 17.0 Å². The van der Waals surface area contributed by atoms with Crippen LogP contribution in [0.2, 0.25) is 0 Å². The third kappa shape index (κ3) is 2.56. The highest BCUT2D eigenvalue weighted by atomic mass is 16.5. The summed E-state index contributed by atoms with van der Waals surface area (Å²) in [7, 11) is 1.68. The topological polar surface area (TPSA) is 65.4 Å². The predicted molar refractivity (Wildman–Crippen MR) is 106 cm³/mol. The molecule has 0 unspecified atom stereocenters. The number of methoxy groups -OCH3 is 1. The number of fused-ring (bicyclic) bond motifs is 2. The minimum atomic E-state index is -0.112. The van der Waals surface area contributed by atoms with Crippen molar-refractivity contribution >= 4 is 22.1 Å². The molecule has 0 aliphatic rings. The fourth-order valence-corrected chi connectivity index (χ4v) is 3.29. The van der Waals surface area contributed by atoms with E-state index in [9.17, 15) is 0 Å². The first-order valence-electron chi connectivity index (χ1n) is 8.59. The number of hydrogen-bond donors (Lipinski definition) is 1. The second kappa shape index (κ2) is 5.73. The molecule has 0 atom stereocenters. The maximum atomic E-state index is 6.21. The first-order valence-corrected chi connectivity index (χ1v) is 8.59. The number of ether oxygens (including phenoxy) is 1. The zero-order valence-electron chi connectivity index (χ0n) is 15.4. The first kappa shape index (κ1) is 16.4. The summed E-state index contributed by atoms with van der Waals surface area (Å²) in [5.74, 6) is 2.30. The van der Waals surface area contributed by atoms with Crippen LogP contribution in [0.5, 0.6) is 5.75 Å². The number of benzene rings is 2. The number of imidazole rings is 1. The van der Waals surface area contributed by atoms with Crippen molar-refractivity contribution in [1.29, 1.82) is 0 Å². The molecule has 2 aromatic carbocycles. The van der Waals surface area contributed by atoms with Crippen LogP contribution in [0.15, 0.2) is 48.8 Å². The van der Waals surface area contributed by atoms with Crippen LogP contribution in [0.3, 0.4) is 0 Å². The summed E-state index contributed by atoms with van der Waals surface area (Å²) in [6, 6.07) is 12.3. The van der Waals surface area contributed by atoms with Crippen LogP contribution in [-0.2, 0) is 5.41 Å². The lowest BCUT2D eigenvalue weighted by Gasteiger charge is -2.16. The molecule has 0 saturated heterocycles. The summed E-state index contributed by atoms with van der Waals surface area (Å²) >= 11 is 0. The van der Waals surface area contributed by atoms with Gasteiger partial charge in [-0.05, 0) is 29.0 Å². The van der Waals surface area contributed by atoms with Crippen molar-refractivity contribution in [3.63, 3.8) is 0 Å². The minimum absolute atomic E-state index is 0.112. The Morgan fingerprint density at radius 1 is 1.04 bits per heavy atom. The molecule has 2 N–H and O–H groups in total. The van der Waals surface area contributed by atoms with E-state index in [0.29, 0.717) is 5.82 Å². The minimum Gasteiger partial charge on any atom is -0.497 e. The number of nitrogens with two attached hydrogens (primary N) is 1. The van der Waals surface area contributed by atoms with Gasteiger partial charge >= 0.3 is 0 Å². The van der Waals surface area contributed by atoms with Crippen LogP contribution in [0.1, 0.15) is 26.6 Å². The van der Waals surface area contributed by atoms with Crippen molar-refractivity contribution in [2.45, 2.75) is 26.2 Å². The molecule has 0 spiro atoms. The van der Waals surface area contributed by atoms with Gasteiger partial charge in [0.25, 0.3) is 0 Å². The summed E-state index contributed by atoms with van der Waals surface area (Å²) in [5.41, 5.74) is 8.84. The van der Waals surface area contributed by atoms with Crippen LogP contribution >= 0.6 is 0 Å². The number of hydrogen-bond acceptors (Lipinski definition) is 4. The fourth-order valence-electron chi connectivity index (χ4n) is 3.29. The van der Waals surface area contributed by atoms with Crippen LogP contribution < -0.4 is 10.5 Å². The van der Waals surface area contributed by atoms with Gasteiger partial charge < -0.3 is 10.5 Å². The van der Waals surface area contributed by atoms with Crippen LogP contribution in [0.25, 0.3) is 27.5 Å². The molecule has 2 aromatic heterocycles. The molecule has 0 fully saturated rings. The lowest BCUT2D eigenvalue weighted by Crippen LogP contribution is -2.16. The van der Waals surface area contributed by atoms with E-state index in [1.807, 2.05) is 18.3 Å². The van der Waals surface area contributed by atoms with Crippen molar-refractivity contribution in [3.05, 3.63) is 54.6 Å². The summed E-state index contributed by atoms with van der Waals surface area (Å²) in [5, 5.41) is 2.25. The van der Waals surface area contributed by atoms with E-state index in [1.165, 1.54) is 0 Å². The summed E-state index contributed by atoms with van der Waals surface area (Å²) in [6.07, 6.45) is 3.64. The third-order valence-corrected chi connectivity index (χ3v) is 4.57. The average molecular weight is 346 g/mol. The Hall–Kier alpha value is -3.08. The SMILES string of the molecule is COc1ccc2cc(-c3nc(C(C)(C)C)n4ccnc(N)c34)ccc2c1. The number of rotatable bonds is 2. The molecular formula is C21H22N4O. The van der Waals surface area contributed by atoms with Gasteiger partial charge in [-0.1, -0.05) is 39.0 Å². The van der Waals surface area contributed by atoms with E-state index < -0.39 is 0 Å². The Morgan fingerprint density at radius 2 is 1.77 bits per heavy atom. The average Bonchev–Trinajstić information content (AvgIpc) is 3.02. The number of aromatic nitrogens is 3. The van der Waals surface area contributed by atoms with Gasteiger partial charge in [0.15, 0.2) is 0 Å². The maximum absolute atomic E-state index is 6.21. The predicted octanol–water partition coefficient (Wildman–Crippen LogP) is 4.44. The molecule has 5 heteroatoms. The lowest BCUT2D eigenvalue weighted by molar-refractivity contribution is 0.415.